The Kier molecular flexibility index (Phi) is 5.96. The fraction of sp³-hybridized carbons (Fsp3) is 0.417. The minimum atomic E-state index is -0.932. The van der Waals surface area contributed by atoms with E-state index in [2.05, 4.69) is 26.1 Å². The van der Waals surface area contributed by atoms with Crippen molar-refractivity contribution >= 4 is 17.7 Å². The van der Waals surface area contributed by atoms with E-state index in [1.54, 1.807) is 4.90 Å². The monoisotopic (exact) mass is 394 g/mol. The number of benzene rings is 2. The molecule has 2 aromatic carbocycles. The number of ether oxygens (including phenoxy) is 1. The van der Waals surface area contributed by atoms with Gasteiger partial charge in [0.25, 0.3) is 0 Å². The zero-order valence-electron chi connectivity index (χ0n) is 17.7. The van der Waals surface area contributed by atoms with Gasteiger partial charge in [0.15, 0.2) is 0 Å². The number of carbonyl (C=O) groups is 2. The molecule has 0 aliphatic carbocycles. The van der Waals surface area contributed by atoms with Crippen LogP contribution < -0.4 is 5.32 Å². The maximum Gasteiger partial charge on any atom is 0.410 e. The van der Waals surface area contributed by atoms with Crippen molar-refractivity contribution in [2.24, 2.45) is 0 Å². The fourth-order valence-electron chi connectivity index (χ4n) is 3.79. The molecule has 0 spiro atoms. The molecule has 1 N–H and O–H groups in total. The number of amides is 2. The summed E-state index contributed by atoms with van der Waals surface area (Å²) in [5, 5.41) is 3.07. The van der Waals surface area contributed by atoms with Crippen LogP contribution in [0.2, 0.25) is 0 Å². The molecule has 0 bridgehead atoms. The predicted molar refractivity (Wildman–Crippen MR) is 115 cm³/mol. The minimum Gasteiger partial charge on any atom is -0.445 e. The third-order valence-electron chi connectivity index (χ3n) is 5.54. The molecule has 1 saturated heterocycles. The van der Waals surface area contributed by atoms with E-state index in [0.717, 1.165) is 23.2 Å². The molecule has 1 unspecified atom stereocenters. The number of hydrogen-bond acceptors (Lipinski definition) is 3. The van der Waals surface area contributed by atoms with Crippen LogP contribution in [-0.2, 0) is 21.6 Å². The topological polar surface area (TPSA) is 58.6 Å². The van der Waals surface area contributed by atoms with Gasteiger partial charge in [0.2, 0.25) is 5.91 Å². The van der Waals surface area contributed by atoms with Gasteiger partial charge in [-0.15, -0.1) is 0 Å². The van der Waals surface area contributed by atoms with Crippen molar-refractivity contribution in [2.75, 3.05) is 11.9 Å². The number of hydrogen-bond donors (Lipinski definition) is 1. The summed E-state index contributed by atoms with van der Waals surface area (Å²) < 4.78 is 5.49. The van der Waals surface area contributed by atoms with Gasteiger partial charge in [-0.1, -0.05) is 69.3 Å². The first kappa shape index (κ1) is 20.9. The molecule has 5 nitrogen and oxygen atoms in total. The Labute approximate surface area is 173 Å². The summed E-state index contributed by atoms with van der Waals surface area (Å²) >= 11 is 0. The zero-order valence-corrected chi connectivity index (χ0v) is 17.7. The van der Waals surface area contributed by atoms with Gasteiger partial charge >= 0.3 is 6.09 Å². The van der Waals surface area contributed by atoms with Gasteiger partial charge in [-0.05, 0) is 42.4 Å². The molecule has 2 aromatic rings. The molecular weight excluding hydrogens is 364 g/mol. The van der Waals surface area contributed by atoms with Crippen LogP contribution in [0.1, 0.15) is 51.7 Å². The third-order valence-corrected chi connectivity index (χ3v) is 5.54. The van der Waals surface area contributed by atoms with Gasteiger partial charge in [0, 0.05) is 12.2 Å². The summed E-state index contributed by atoms with van der Waals surface area (Å²) in [6.07, 6.45) is 0.926. The first-order valence-corrected chi connectivity index (χ1v) is 10.1. The molecule has 3 rings (SSSR count). The predicted octanol–water partition coefficient (Wildman–Crippen LogP) is 5.11. The molecule has 1 fully saturated rings. The number of nitrogens with one attached hydrogen (secondary N) is 1. The highest BCUT2D eigenvalue weighted by molar-refractivity contribution is 6.00. The average molecular weight is 395 g/mol. The van der Waals surface area contributed by atoms with Gasteiger partial charge in [0.1, 0.15) is 12.1 Å². The number of nitrogens with zero attached hydrogens (tertiary/aromatic N) is 1. The summed E-state index contributed by atoms with van der Waals surface area (Å²) in [5.74, 6) is -0.177. The number of rotatable bonds is 4. The van der Waals surface area contributed by atoms with E-state index in [0.29, 0.717) is 13.0 Å². The summed E-state index contributed by atoms with van der Waals surface area (Å²) in [5.41, 5.74) is 1.74. The Hall–Kier alpha value is -2.82. The second kappa shape index (κ2) is 8.27. The number of likely N-dealkylation sites (tertiary alicyclic amines) is 1. The second-order valence-electron chi connectivity index (χ2n) is 8.82. The van der Waals surface area contributed by atoms with Crippen LogP contribution in [-0.4, -0.2) is 29.0 Å². The Morgan fingerprint density at radius 2 is 1.72 bits per heavy atom. The molecule has 1 heterocycles. The molecule has 0 saturated carbocycles. The van der Waals surface area contributed by atoms with Crippen molar-refractivity contribution in [3.8, 4) is 0 Å². The first-order chi connectivity index (χ1) is 13.7. The SMILES string of the molecule is CC(C)(C)c1ccccc1NC(=O)C1(C)CCCN1C(=O)OCc1ccccc1. The Balaban J connectivity index is 1.73. The van der Waals surface area contributed by atoms with Crippen molar-refractivity contribution in [2.45, 2.75) is 58.1 Å². The highest BCUT2D eigenvalue weighted by Gasteiger charge is 2.46. The molecule has 5 heteroatoms. The largest absolute Gasteiger partial charge is 0.445 e. The van der Waals surface area contributed by atoms with Crippen molar-refractivity contribution in [1.29, 1.82) is 0 Å². The molecular formula is C24H30N2O3. The van der Waals surface area contributed by atoms with Gasteiger partial charge in [-0.2, -0.15) is 0 Å². The molecule has 154 valence electrons. The lowest BCUT2D eigenvalue weighted by molar-refractivity contribution is -0.125. The highest BCUT2D eigenvalue weighted by Crippen LogP contribution is 2.34. The van der Waals surface area contributed by atoms with Crippen LogP contribution in [0.15, 0.2) is 54.6 Å². The molecule has 1 aliphatic heterocycles. The number of carbonyl (C=O) groups excluding carboxylic acids is 2. The van der Waals surface area contributed by atoms with Crippen LogP contribution in [0.3, 0.4) is 0 Å². The van der Waals surface area contributed by atoms with Crippen molar-refractivity contribution in [1.82, 2.24) is 4.90 Å². The fourth-order valence-corrected chi connectivity index (χ4v) is 3.79. The lowest BCUT2D eigenvalue weighted by atomic mass is 9.85. The van der Waals surface area contributed by atoms with Crippen LogP contribution >= 0.6 is 0 Å². The molecule has 29 heavy (non-hydrogen) atoms. The Bertz CT molecular complexity index is 873. The Morgan fingerprint density at radius 1 is 1.07 bits per heavy atom. The van der Waals surface area contributed by atoms with Crippen LogP contribution in [0.5, 0.6) is 0 Å². The summed E-state index contributed by atoms with van der Waals surface area (Å²) in [7, 11) is 0. The quantitative estimate of drug-likeness (QED) is 0.783. The first-order valence-electron chi connectivity index (χ1n) is 10.1. The van der Waals surface area contributed by atoms with Gasteiger partial charge in [0.05, 0.1) is 0 Å². The van der Waals surface area contributed by atoms with Crippen molar-refractivity contribution < 1.29 is 14.3 Å². The summed E-state index contributed by atoms with van der Waals surface area (Å²) in [6, 6.07) is 17.4. The van der Waals surface area contributed by atoms with Gasteiger partial charge < -0.3 is 10.1 Å². The van der Waals surface area contributed by atoms with E-state index in [1.807, 2.05) is 61.5 Å². The molecule has 0 aromatic heterocycles. The molecule has 0 radical (unpaired) electrons. The van der Waals surface area contributed by atoms with E-state index in [1.165, 1.54) is 0 Å². The maximum absolute atomic E-state index is 13.2. The maximum atomic E-state index is 13.2. The third kappa shape index (κ3) is 4.61. The second-order valence-corrected chi connectivity index (χ2v) is 8.82. The lowest BCUT2D eigenvalue weighted by Crippen LogP contribution is -2.53. The van der Waals surface area contributed by atoms with E-state index in [-0.39, 0.29) is 17.9 Å². The van der Waals surface area contributed by atoms with Crippen molar-refractivity contribution in [3.05, 3.63) is 65.7 Å². The molecule has 2 amide bonds. The van der Waals surface area contributed by atoms with Crippen LogP contribution in [0.4, 0.5) is 10.5 Å². The van der Waals surface area contributed by atoms with Crippen LogP contribution in [0, 0.1) is 0 Å². The van der Waals surface area contributed by atoms with E-state index < -0.39 is 11.6 Å². The van der Waals surface area contributed by atoms with E-state index >= 15 is 0 Å². The van der Waals surface area contributed by atoms with Gasteiger partial charge in [-0.25, -0.2) is 4.79 Å². The lowest BCUT2D eigenvalue weighted by Gasteiger charge is -2.34. The highest BCUT2D eigenvalue weighted by atomic mass is 16.6. The van der Waals surface area contributed by atoms with E-state index in [4.69, 9.17) is 4.74 Å². The normalized spacial score (nSPS) is 19.1. The smallest absolute Gasteiger partial charge is 0.410 e. The summed E-state index contributed by atoms with van der Waals surface area (Å²) in [6.45, 7) is 8.87. The summed E-state index contributed by atoms with van der Waals surface area (Å²) in [4.78, 5) is 27.5. The average Bonchev–Trinajstić information content (AvgIpc) is 3.09. The van der Waals surface area contributed by atoms with E-state index in [9.17, 15) is 9.59 Å². The zero-order chi connectivity index (χ0) is 21.1. The number of para-hydroxylation sites is 1. The van der Waals surface area contributed by atoms with Crippen molar-refractivity contribution in [3.63, 3.8) is 0 Å². The minimum absolute atomic E-state index is 0.102. The van der Waals surface area contributed by atoms with Gasteiger partial charge in [-0.3, -0.25) is 9.69 Å². The standard InChI is InChI=1S/C24H30N2O3/c1-23(2,3)19-13-8-9-14-20(19)25-21(27)24(4)15-10-16-26(24)22(28)29-17-18-11-6-5-7-12-18/h5-9,11-14H,10,15-17H2,1-4H3,(H,25,27). The Morgan fingerprint density at radius 3 is 2.41 bits per heavy atom. The molecule has 1 aliphatic rings. The molecule has 1 atom stereocenters. The van der Waals surface area contributed by atoms with Crippen LogP contribution in [0.25, 0.3) is 0 Å². The number of anilines is 1.